The molecule has 0 bridgehead atoms. The van der Waals surface area contributed by atoms with Gasteiger partial charge in [-0.3, -0.25) is 0 Å². The molecule has 0 spiro atoms. The zero-order valence-electron chi connectivity index (χ0n) is 23.0. The maximum atomic E-state index is 5.07. The van der Waals surface area contributed by atoms with E-state index >= 15 is 0 Å². The summed E-state index contributed by atoms with van der Waals surface area (Å²) in [6, 6.07) is 44.9. The van der Waals surface area contributed by atoms with E-state index in [1.807, 2.05) is 18.2 Å². The fourth-order valence-corrected chi connectivity index (χ4v) is 6.35. The Morgan fingerprint density at radius 3 is 1.98 bits per heavy atom. The van der Waals surface area contributed by atoms with Gasteiger partial charge in [-0.2, -0.15) is 0 Å². The number of fused-ring (bicyclic) bond motifs is 5. The molecule has 194 valence electrons. The van der Waals surface area contributed by atoms with Crippen LogP contribution in [0.5, 0.6) is 0 Å². The number of hydrogen-bond acceptors (Lipinski definition) is 3. The van der Waals surface area contributed by atoms with E-state index in [4.69, 9.17) is 15.0 Å². The van der Waals surface area contributed by atoms with Gasteiger partial charge in [-0.15, -0.1) is 0 Å². The zero-order valence-corrected chi connectivity index (χ0v) is 23.0. The molecule has 1 aromatic heterocycles. The molecule has 3 heteroatoms. The highest BCUT2D eigenvalue weighted by Gasteiger charge is 2.35. The molecule has 7 aromatic rings. The molecule has 0 fully saturated rings. The van der Waals surface area contributed by atoms with E-state index < -0.39 is 0 Å². The van der Waals surface area contributed by atoms with Gasteiger partial charge in [0, 0.05) is 22.1 Å². The normalized spacial score (nSPS) is 13.3. The van der Waals surface area contributed by atoms with Crippen LogP contribution in [-0.2, 0) is 5.41 Å². The Labute approximate surface area is 239 Å². The van der Waals surface area contributed by atoms with Crippen molar-refractivity contribution in [2.24, 2.45) is 0 Å². The molecule has 1 heterocycles. The predicted octanol–water partition coefficient (Wildman–Crippen LogP) is 9.49. The van der Waals surface area contributed by atoms with E-state index in [1.165, 1.54) is 33.0 Å². The first-order valence-corrected chi connectivity index (χ1v) is 14.0. The molecular weight excluding hydrogens is 498 g/mol. The van der Waals surface area contributed by atoms with Crippen molar-refractivity contribution in [3.05, 3.63) is 139 Å². The summed E-state index contributed by atoms with van der Waals surface area (Å²) in [7, 11) is 0. The summed E-state index contributed by atoms with van der Waals surface area (Å²) in [5.41, 5.74) is 8.31. The van der Waals surface area contributed by atoms with Gasteiger partial charge in [0.05, 0.1) is 0 Å². The van der Waals surface area contributed by atoms with Gasteiger partial charge in [-0.1, -0.05) is 123 Å². The molecule has 0 N–H and O–H groups in total. The molecule has 0 radical (unpaired) electrons. The summed E-state index contributed by atoms with van der Waals surface area (Å²) in [6.45, 7) is 4.64. The summed E-state index contributed by atoms with van der Waals surface area (Å²) in [6.07, 6.45) is 0. The van der Waals surface area contributed by atoms with Crippen LogP contribution in [-0.4, -0.2) is 15.0 Å². The summed E-state index contributed by atoms with van der Waals surface area (Å²) >= 11 is 0. The molecule has 8 rings (SSSR count). The predicted molar refractivity (Wildman–Crippen MR) is 169 cm³/mol. The van der Waals surface area contributed by atoms with Crippen LogP contribution in [0.4, 0.5) is 0 Å². The van der Waals surface area contributed by atoms with Gasteiger partial charge >= 0.3 is 0 Å². The number of benzene rings is 6. The first kappa shape index (κ1) is 23.7. The molecule has 0 aliphatic heterocycles. The van der Waals surface area contributed by atoms with E-state index in [1.54, 1.807) is 0 Å². The Bertz CT molecular complexity index is 2120. The van der Waals surface area contributed by atoms with Gasteiger partial charge in [-0.05, 0) is 62.0 Å². The molecule has 3 nitrogen and oxygen atoms in total. The molecule has 0 saturated carbocycles. The van der Waals surface area contributed by atoms with E-state index in [0.717, 1.165) is 27.5 Å². The highest BCUT2D eigenvalue weighted by Crippen LogP contribution is 2.49. The molecule has 0 unspecified atom stereocenters. The van der Waals surface area contributed by atoms with Crippen LogP contribution in [0.15, 0.2) is 127 Å². The molecule has 0 saturated heterocycles. The van der Waals surface area contributed by atoms with Crippen molar-refractivity contribution in [2.75, 3.05) is 0 Å². The van der Waals surface area contributed by atoms with Crippen LogP contribution in [0, 0.1) is 0 Å². The van der Waals surface area contributed by atoms with Crippen LogP contribution >= 0.6 is 0 Å². The minimum atomic E-state index is -0.0503. The van der Waals surface area contributed by atoms with Gasteiger partial charge in [0.25, 0.3) is 0 Å². The third kappa shape index (κ3) is 3.77. The topological polar surface area (TPSA) is 38.7 Å². The van der Waals surface area contributed by atoms with Crippen LogP contribution < -0.4 is 0 Å². The summed E-state index contributed by atoms with van der Waals surface area (Å²) < 4.78 is 0. The average molecular weight is 526 g/mol. The van der Waals surface area contributed by atoms with E-state index in [9.17, 15) is 0 Å². The van der Waals surface area contributed by atoms with Gasteiger partial charge < -0.3 is 0 Å². The lowest BCUT2D eigenvalue weighted by atomic mass is 9.82. The second-order valence-electron chi connectivity index (χ2n) is 11.3. The van der Waals surface area contributed by atoms with Gasteiger partial charge in [0.1, 0.15) is 0 Å². The van der Waals surface area contributed by atoms with Crippen molar-refractivity contribution in [2.45, 2.75) is 19.3 Å². The molecule has 1 aliphatic carbocycles. The van der Waals surface area contributed by atoms with Gasteiger partial charge in [0.2, 0.25) is 0 Å². The summed E-state index contributed by atoms with van der Waals surface area (Å²) in [4.78, 5) is 15.0. The van der Waals surface area contributed by atoms with Crippen LogP contribution in [0.2, 0.25) is 0 Å². The van der Waals surface area contributed by atoms with Crippen molar-refractivity contribution in [3.63, 3.8) is 0 Å². The van der Waals surface area contributed by atoms with Gasteiger partial charge in [0.15, 0.2) is 17.5 Å². The van der Waals surface area contributed by atoms with Gasteiger partial charge in [-0.25, -0.2) is 15.0 Å². The van der Waals surface area contributed by atoms with Crippen molar-refractivity contribution >= 4 is 21.5 Å². The quantitative estimate of drug-likeness (QED) is 0.231. The Morgan fingerprint density at radius 1 is 0.415 bits per heavy atom. The fourth-order valence-electron chi connectivity index (χ4n) is 6.35. The minimum Gasteiger partial charge on any atom is -0.208 e. The molecular formula is C38H27N3. The van der Waals surface area contributed by atoms with Crippen LogP contribution in [0.25, 0.3) is 66.8 Å². The van der Waals surface area contributed by atoms with Crippen molar-refractivity contribution in [3.8, 4) is 45.3 Å². The van der Waals surface area contributed by atoms with Crippen LogP contribution in [0.1, 0.15) is 25.0 Å². The highest BCUT2D eigenvalue weighted by molar-refractivity contribution is 5.97. The second kappa shape index (κ2) is 8.94. The smallest absolute Gasteiger partial charge is 0.164 e. The monoisotopic (exact) mass is 525 g/mol. The van der Waals surface area contributed by atoms with E-state index in [-0.39, 0.29) is 5.41 Å². The van der Waals surface area contributed by atoms with E-state index in [0.29, 0.717) is 17.5 Å². The minimum absolute atomic E-state index is 0.0503. The Kier molecular flexibility index (Phi) is 5.17. The molecule has 41 heavy (non-hydrogen) atoms. The fraction of sp³-hybridized carbons (Fsp3) is 0.0789. The first-order chi connectivity index (χ1) is 20.1. The number of rotatable bonds is 3. The molecule has 0 amide bonds. The standard InChI is InChI=1S/C38H27N3/c1-38(2)33-18-9-8-16-30(33)32-22-26-19-20-27(21-28(26)23-34(32)38)36-39-35(25-12-4-3-5-13-25)40-37(41-36)31-17-10-14-24-11-6-7-15-29(24)31/h3-23H,1-2H3. The lowest BCUT2D eigenvalue weighted by molar-refractivity contribution is 0.661. The third-order valence-electron chi connectivity index (χ3n) is 8.50. The maximum Gasteiger partial charge on any atom is 0.164 e. The zero-order chi connectivity index (χ0) is 27.6. The van der Waals surface area contributed by atoms with E-state index in [2.05, 4.69) is 123 Å². The molecule has 6 aromatic carbocycles. The lowest BCUT2D eigenvalue weighted by Gasteiger charge is -2.21. The van der Waals surface area contributed by atoms with Crippen molar-refractivity contribution < 1.29 is 0 Å². The highest BCUT2D eigenvalue weighted by atomic mass is 15.0. The molecule has 1 aliphatic rings. The Balaban J connectivity index is 1.33. The first-order valence-electron chi connectivity index (χ1n) is 14.0. The number of nitrogens with zero attached hydrogens (tertiary/aromatic N) is 3. The largest absolute Gasteiger partial charge is 0.208 e. The summed E-state index contributed by atoms with van der Waals surface area (Å²) in [5.74, 6) is 2.02. The third-order valence-corrected chi connectivity index (χ3v) is 8.50. The van der Waals surface area contributed by atoms with Crippen molar-refractivity contribution in [1.29, 1.82) is 0 Å². The number of aromatic nitrogens is 3. The van der Waals surface area contributed by atoms with Crippen molar-refractivity contribution in [1.82, 2.24) is 15.0 Å². The second-order valence-corrected chi connectivity index (χ2v) is 11.3. The maximum absolute atomic E-state index is 5.07. The van der Waals surface area contributed by atoms with Crippen LogP contribution in [0.3, 0.4) is 0 Å². The lowest BCUT2D eigenvalue weighted by Crippen LogP contribution is -2.14. The average Bonchev–Trinajstić information content (AvgIpc) is 3.25. The Hall–Kier alpha value is -5.15. The molecule has 0 atom stereocenters. The SMILES string of the molecule is CC1(C)c2ccccc2-c2cc3ccc(-c4nc(-c5ccccc5)nc(-c5cccc6ccccc56)n4)cc3cc21. The number of hydrogen-bond donors (Lipinski definition) is 0. The Morgan fingerprint density at radius 2 is 1.10 bits per heavy atom. The summed E-state index contributed by atoms with van der Waals surface area (Å²) in [5, 5.41) is 4.69.